The third kappa shape index (κ3) is 3.70. The third-order valence-corrected chi connectivity index (χ3v) is 5.16. The van der Waals surface area contributed by atoms with Crippen LogP contribution in [0.5, 0.6) is 0 Å². The first-order valence-electron chi connectivity index (χ1n) is 7.77. The predicted octanol–water partition coefficient (Wildman–Crippen LogP) is 2.92. The zero-order valence-corrected chi connectivity index (χ0v) is 14.6. The molecule has 0 saturated carbocycles. The molecule has 8 heteroatoms. The van der Waals surface area contributed by atoms with Gasteiger partial charge in [0.15, 0.2) is 10.6 Å². The van der Waals surface area contributed by atoms with Crippen LogP contribution in [-0.2, 0) is 9.53 Å². The quantitative estimate of drug-likeness (QED) is 0.784. The van der Waals surface area contributed by atoms with Crippen molar-refractivity contribution in [2.75, 3.05) is 13.2 Å². The number of ether oxygens (including phenoxy) is 1. The molecule has 0 radical (unpaired) electrons. The highest BCUT2D eigenvalue weighted by molar-refractivity contribution is 7.71. The zero-order valence-electron chi connectivity index (χ0n) is 12.9. The van der Waals surface area contributed by atoms with Gasteiger partial charge in [-0.15, -0.1) is 11.3 Å². The fraction of sp³-hybridized carbons (Fsp3) is 0.533. The van der Waals surface area contributed by atoms with Crippen molar-refractivity contribution in [2.45, 2.75) is 38.3 Å². The van der Waals surface area contributed by atoms with Gasteiger partial charge in [-0.25, -0.2) is 0 Å². The van der Waals surface area contributed by atoms with Gasteiger partial charge in [-0.2, -0.15) is 5.10 Å². The number of thiophene rings is 1. The number of amides is 1. The van der Waals surface area contributed by atoms with Gasteiger partial charge in [0.1, 0.15) is 6.04 Å². The number of nitrogens with one attached hydrogen (secondary N) is 2. The van der Waals surface area contributed by atoms with Crippen LogP contribution < -0.4 is 5.32 Å². The summed E-state index contributed by atoms with van der Waals surface area (Å²) in [6.45, 7) is 3.29. The zero-order chi connectivity index (χ0) is 16.2. The lowest BCUT2D eigenvalue weighted by atomic mass is 10.2. The highest BCUT2D eigenvalue weighted by atomic mass is 32.1. The first-order chi connectivity index (χ1) is 11.2. The molecular weight excluding hydrogens is 332 g/mol. The van der Waals surface area contributed by atoms with Crippen LogP contribution in [0.3, 0.4) is 0 Å². The number of nitrogens with zero attached hydrogens (tertiary/aromatic N) is 2. The molecule has 0 aromatic carbocycles. The average molecular weight is 352 g/mol. The van der Waals surface area contributed by atoms with Crippen molar-refractivity contribution in [3.8, 4) is 10.7 Å². The number of hydrogen-bond acceptors (Lipinski definition) is 5. The molecule has 0 bridgehead atoms. The highest BCUT2D eigenvalue weighted by Crippen LogP contribution is 2.25. The molecule has 3 heterocycles. The van der Waals surface area contributed by atoms with Crippen molar-refractivity contribution in [3.05, 3.63) is 22.3 Å². The van der Waals surface area contributed by atoms with Gasteiger partial charge in [-0.1, -0.05) is 6.07 Å². The number of rotatable bonds is 6. The molecule has 1 aliphatic rings. The monoisotopic (exact) mass is 352 g/mol. The molecule has 1 aliphatic heterocycles. The van der Waals surface area contributed by atoms with Crippen molar-refractivity contribution in [3.63, 3.8) is 0 Å². The van der Waals surface area contributed by atoms with Gasteiger partial charge in [-0.05, 0) is 49.9 Å². The second kappa shape index (κ2) is 7.37. The molecule has 1 fully saturated rings. The molecule has 3 rings (SSSR count). The summed E-state index contributed by atoms with van der Waals surface area (Å²) in [5, 5.41) is 12.0. The summed E-state index contributed by atoms with van der Waals surface area (Å²) in [4.78, 5) is 13.4. The van der Waals surface area contributed by atoms with Gasteiger partial charge in [0, 0.05) is 13.2 Å². The first-order valence-corrected chi connectivity index (χ1v) is 9.05. The Morgan fingerprint density at radius 3 is 3.26 bits per heavy atom. The van der Waals surface area contributed by atoms with E-state index in [-0.39, 0.29) is 12.0 Å². The number of carbonyl (C=O) groups is 1. The molecule has 2 atom stereocenters. The standard InChI is InChI=1S/C15H20N4O2S2/c1-10(14(20)16-7-6-11-4-2-8-21-11)19-13(17-18-15(19)22)12-5-3-9-23-12/h3,5,9-11H,2,4,6-8H2,1H3,(H,16,20)(H,18,22)/t10-,11+/m1/s1. The molecule has 2 N–H and O–H groups in total. The molecule has 23 heavy (non-hydrogen) atoms. The average Bonchev–Trinajstić information content (AvgIpc) is 3.27. The van der Waals surface area contributed by atoms with Gasteiger partial charge in [-0.3, -0.25) is 14.5 Å². The fourth-order valence-electron chi connectivity index (χ4n) is 2.74. The maximum absolute atomic E-state index is 12.4. The highest BCUT2D eigenvalue weighted by Gasteiger charge is 2.22. The van der Waals surface area contributed by atoms with E-state index in [0.717, 1.165) is 30.7 Å². The lowest BCUT2D eigenvalue weighted by molar-refractivity contribution is -0.123. The molecular formula is C15H20N4O2S2. The number of aromatic nitrogens is 3. The Labute approximate surface area is 143 Å². The minimum absolute atomic E-state index is 0.0571. The van der Waals surface area contributed by atoms with Crippen LogP contribution in [0.15, 0.2) is 17.5 Å². The van der Waals surface area contributed by atoms with Gasteiger partial charge < -0.3 is 10.1 Å². The van der Waals surface area contributed by atoms with Crippen LogP contribution in [-0.4, -0.2) is 39.9 Å². The Kier molecular flexibility index (Phi) is 5.24. The van der Waals surface area contributed by atoms with Crippen LogP contribution in [0.1, 0.15) is 32.2 Å². The molecule has 2 aromatic heterocycles. The van der Waals surface area contributed by atoms with Crippen molar-refractivity contribution >= 4 is 29.5 Å². The van der Waals surface area contributed by atoms with E-state index in [1.54, 1.807) is 15.9 Å². The molecule has 1 saturated heterocycles. The van der Waals surface area contributed by atoms with Crippen molar-refractivity contribution in [2.24, 2.45) is 0 Å². The first kappa shape index (κ1) is 16.4. The summed E-state index contributed by atoms with van der Waals surface area (Å²) in [6.07, 6.45) is 3.33. The summed E-state index contributed by atoms with van der Waals surface area (Å²) in [5.74, 6) is 0.644. The smallest absolute Gasteiger partial charge is 0.242 e. The Balaban J connectivity index is 1.65. The number of aromatic amines is 1. The SMILES string of the molecule is C[C@H](C(=O)NCC[C@@H]1CCCO1)n1c(-c2cccs2)n[nH]c1=S. The molecule has 124 valence electrons. The van der Waals surface area contributed by atoms with Crippen LogP contribution in [0.25, 0.3) is 10.7 Å². The Bertz CT molecular complexity index is 701. The number of hydrogen-bond donors (Lipinski definition) is 2. The molecule has 0 spiro atoms. The Hall–Kier alpha value is -1.51. The maximum atomic E-state index is 12.4. The van der Waals surface area contributed by atoms with Gasteiger partial charge in [0.25, 0.3) is 0 Å². The molecule has 0 unspecified atom stereocenters. The summed E-state index contributed by atoms with van der Waals surface area (Å²) in [6, 6.07) is 3.51. The fourth-order valence-corrected chi connectivity index (χ4v) is 3.74. The normalized spacial score (nSPS) is 18.9. The largest absolute Gasteiger partial charge is 0.378 e. The third-order valence-electron chi connectivity index (χ3n) is 4.00. The van der Waals surface area contributed by atoms with Crippen molar-refractivity contribution in [1.29, 1.82) is 0 Å². The Morgan fingerprint density at radius 1 is 1.70 bits per heavy atom. The molecule has 1 amide bonds. The molecule has 2 aromatic rings. The lowest BCUT2D eigenvalue weighted by Gasteiger charge is -2.16. The summed E-state index contributed by atoms with van der Waals surface area (Å²) in [5.41, 5.74) is 0. The van der Waals surface area contributed by atoms with E-state index in [9.17, 15) is 4.79 Å². The van der Waals surface area contributed by atoms with Crippen LogP contribution >= 0.6 is 23.6 Å². The van der Waals surface area contributed by atoms with E-state index in [4.69, 9.17) is 17.0 Å². The topological polar surface area (TPSA) is 71.9 Å². The van der Waals surface area contributed by atoms with Crippen LogP contribution in [0.4, 0.5) is 0 Å². The van der Waals surface area contributed by atoms with Crippen molar-refractivity contribution < 1.29 is 9.53 Å². The minimum atomic E-state index is -0.414. The summed E-state index contributed by atoms with van der Waals surface area (Å²) < 4.78 is 7.79. The van der Waals surface area contributed by atoms with E-state index < -0.39 is 6.04 Å². The maximum Gasteiger partial charge on any atom is 0.242 e. The van der Waals surface area contributed by atoms with E-state index >= 15 is 0 Å². The lowest BCUT2D eigenvalue weighted by Crippen LogP contribution is -2.33. The van der Waals surface area contributed by atoms with Crippen LogP contribution in [0.2, 0.25) is 0 Å². The molecule has 0 aliphatic carbocycles. The second-order valence-corrected chi connectivity index (χ2v) is 6.92. The van der Waals surface area contributed by atoms with E-state index in [1.165, 1.54) is 0 Å². The minimum Gasteiger partial charge on any atom is -0.378 e. The Morgan fingerprint density at radius 2 is 2.57 bits per heavy atom. The van der Waals surface area contributed by atoms with Gasteiger partial charge in [0.05, 0.1) is 11.0 Å². The van der Waals surface area contributed by atoms with Crippen molar-refractivity contribution in [1.82, 2.24) is 20.1 Å². The number of carbonyl (C=O) groups excluding carboxylic acids is 1. The van der Waals surface area contributed by atoms with E-state index in [0.29, 0.717) is 17.1 Å². The van der Waals surface area contributed by atoms with Gasteiger partial charge in [0.2, 0.25) is 5.91 Å². The van der Waals surface area contributed by atoms with Crippen LogP contribution in [0, 0.1) is 4.77 Å². The van der Waals surface area contributed by atoms with E-state index in [2.05, 4.69) is 15.5 Å². The second-order valence-electron chi connectivity index (χ2n) is 5.59. The molecule has 6 nitrogen and oxygen atoms in total. The summed E-state index contributed by atoms with van der Waals surface area (Å²) >= 11 is 6.86. The summed E-state index contributed by atoms with van der Waals surface area (Å²) in [7, 11) is 0. The van der Waals surface area contributed by atoms with Gasteiger partial charge >= 0.3 is 0 Å². The predicted molar refractivity (Wildman–Crippen MR) is 92.0 cm³/mol. The number of H-pyrrole nitrogens is 1. The van der Waals surface area contributed by atoms with E-state index in [1.807, 2.05) is 24.4 Å².